The molecule has 17 heavy (non-hydrogen) atoms. The molecule has 0 aliphatic carbocycles. The van der Waals surface area contributed by atoms with E-state index in [1.807, 2.05) is 12.3 Å². The molecule has 3 nitrogen and oxygen atoms in total. The zero-order valence-electron chi connectivity index (χ0n) is 10.4. The molecule has 2 aromatic heterocycles. The van der Waals surface area contributed by atoms with Gasteiger partial charge in [-0.2, -0.15) is 0 Å². The second kappa shape index (κ2) is 5.64. The van der Waals surface area contributed by atoms with Gasteiger partial charge in [0.15, 0.2) is 0 Å². The van der Waals surface area contributed by atoms with Crippen LogP contribution in [0.1, 0.15) is 25.0 Å². The summed E-state index contributed by atoms with van der Waals surface area (Å²) in [5.74, 6) is 0. The summed E-state index contributed by atoms with van der Waals surface area (Å²) in [7, 11) is 0. The Morgan fingerprint density at radius 2 is 2.18 bits per heavy atom. The second-order valence-electron chi connectivity index (χ2n) is 4.59. The van der Waals surface area contributed by atoms with Crippen molar-refractivity contribution < 1.29 is 0 Å². The largest absolute Gasteiger partial charge is 0.350 e. The van der Waals surface area contributed by atoms with Crippen molar-refractivity contribution in [1.82, 2.24) is 14.9 Å². The standard InChI is InChI=1S/C14H19N3/c1-12(2)16-9-14-5-7-17(11-14)10-13-4-3-6-15-8-13/h3-8,11-12,16H,9-10H2,1-2H3. The van der Waals surface area contributed by atoms with Crippen LogP contribution in [0.4, 0.5) is 0 Å². The summed E-state index contributed by atoms with van der Waals surface area (Å²) in [5.41, 5.74) is 2.55. The van der Waals surface area contributed by atoms with E-state index in [1.165, 1.54) is 11.1 Å². The van der Waals surface area contributed by atoms with Crippen molar-refractivity contribution in [2.45, 2.75) is 33.0 Å². The van der Waals surface area contributed by atoms with Crippen molar-refractivity contribution >= 4 is 0 Å². The number of nitrogens with zero attached hydrogens (tertiary/aromatic N) is 2. The Labute approximate surface area is 103 Å². The molecule has 0 radical (unpaired) electrons. The number of aromatic nitrogens is 2. The van der Waals surface area contributed by atoms with Crippen LogP contribution in [0.5, 0.6) is 0 Å². The van der Waals surface area contributed by atoms with Gasteiger partial charge in [-0.25, -0.2) is 0 Å². The van der Waals surface area contributed by atoms with Crippen LogP contribution in [0.15, 0.2) is 43.0 Å². The fourth-order valence-corrected chi connectivity index (χ4v) is 1.72. The van der Waals surface area contributed by atoms with Gasteiger partial charge < -0.3 is 9.88 Å². The zero-order chi connectivity index (χ0) is 12.1. The predicted octanol–water partition coefficient (Wildman–Crippen LogP) is 2.43. The van der Waals surface area contributed by atoms with Crippen LogP contribution in [0.2, 0.25) is 0 Å². The molecule has 90 valence electrons. The van der Waals surface area contributed by atoms with Crippen LogP contribution >= 0.6 is 0 Å². The van der Waals surface area contributed by atoms with Crippen LogP contribution in [-0.2, 0) is 13.1 Å². The molecular formula is C14H19N3. The normalized spacial score (nSPS) is 11.0. The molecule has 0 aliphatic heterocycles. The van der Waals surface area contributed by atoms with Gasteiger partial charge >= 0.3 is 0 Å². The van der Waals surface area contributed by atoms with Crippen LogP contribution in [-0.4, -0.2) is 15.6 Å². The van der Waals surface area contributed by atoms with Crippen molar-refractivity contribution in [3.63, 3.8) is 0 Å². The molecule has 0 saturated heterocycles. The molecule has 3 heteroatoms. The molecule has 1 N–H and O–H groups in total. The van der Waals surface area contributed by atoms with Gasteiger partial charge in [-0.15, -0.1) is 0 Å². The first kappa shape index (κ1) is 11.9. The third-order valence-electron chi connectivity index (χ3n) is 2.61. The lowest BCUT2D eigenvalue weighted by Gasteiger charge is -2.06. The highest BCUT2D eigenvalue weighted by molar-refractivity contribution is 5.14. The summed E-state index contributed by atoms with van der Waals surface area (Å²) in [5, 5.41) is 3.41. The quantitative estimate of drug-likeness (QED) is 0.853. The van der Waals surface area contributed by atoms with Gasteiger partial charge in [0, 0.05) is 43.9 Å². The van der Waals surface area contributed by atoms with Crippen LogP contribution in [0.25, 0.3) is 0 Å². The van der Waals surface area contributed by atoms with Gasteiger partial charge in [-0.05, 0) is 23.3 Å². The summed E-state index contributed by atoms with van der Waals surface area (Å²) < 4.78 is 2.19. The van der Waals surface area contributed by atoms with E-state index in [9.17, 15) is 0 Å². The average molecular weight is 229 g/mol. The minimum absolute atomic E-state index is 0.525. The number of nitrogens with one attached hydrogen (secondary N) is 1. The highest BCUT2D eigenvalue weighted by Gasteiger charge is 1.99. The molecule has 0 fully saturated rings. The summed E-state index contributed by atoms with van der Waals surface area (Å²) in [6.45, 7) is 6.13. The van der Waals surface area contributed by atoms with E-state index in [0.717, 1.165) is 13.1 Å². The minimum atomic E-state index is 0.525. The van der Waals surface area contributed by atoms with Crippen LogP contribution in [0, 0.1) is 0 Å². The summed E-state index contributed by atoms with van der Waals surface area (Å²) in [6, 6.07) is 6.75. The third-order valence-corrected chi connectivity index (χ3v) is 2.61. The Morgan fingerprint density at radius 3 is 2.88 bits per heavy atom. The van der Waals surface area contributed by atoms with Crippen molar-refractivity contribution in [3.05, 3.63) is 54.1 Å². The Balaban J connectivity index is 1.94. The molecular weight excluding hydrogens is 210 g/mol. The highest BCUT2D eigenvalue weighted by Crippen LogP contribution is 2.05. The van der Waals surface area contributed by atoms with Crippen molar-refractivity contribution in [1.29, 1.82) is 0 Å². The molecule has 2 aromatic rings. The highest BCUT2D eigenvalue weighted by atomic mass is 15.0. The van der Waals surface area contributed by atoms with Crippen molar-refractivity contribution in [3.8, 4) is 0 Å². The number of rotatable bonds is 5. The van der Waals surface area contributed by atoms with E-state index in [1.54, 1.807) is 6.20 Å². The maximum atomic E-state index is 4.12. The molecule has 2 heterocycles. The maximum absolute atomic E-state index is 4.12. The van der Waals surface area contributed by atoms with Crippen molar-refractivity contribution in [2.24, 2.45) is 0 Å². The van der Waals surface area contributed by atoms with E-state index in [0.29, 0.717) is 6.04 Å². The maximum Gasteiger partial charge on any atom is 0.0485 e. The number of hydrogen-bond donors (Lipinski definition) is 1. The monoisotopic (exact) mass is 229 g/mol. The molecule has 0 atom stereocenters. The Morgan fingerprint density at radius 1 is 1.29 bits per heavy atom. The fraction of sp³-hybridized carbons (Fsp3) is 0.357. The summed E-state index contributed by atoms with van der Waals surface area (Å²) in [4.78, 5) is 4.12. The SMILES string of the molecule is CC(C)NCc1ccn(Cc2cccnc2)c1. The number of pyridine rings is 1. The lowest BCUT2D eigenvalue weighted by Crippen LogP contribution is -2.21. The second-order valence-corrected chi connectivity index (χ2v) is 4.59. The van der Waals surface area contributed by atoms with Gasteiger partial charge in [0.25, 0.3) is 0 Å². The van der Waals surface area contributed by atoms with Crippen LogP contribution < -0.4 is 5.32 Å². The van der Waals surface area contributed by atoms with Gasteiger partial charge in [0.2, 0.25) is 0 Å². The third kappa shape index (κ3) is 3.71. The van der Waals surface area contributed by atoms with Gasteiger partial charge in [0.05, 0.1) is 0 Å². The topological polar surface area (TPSA) is 29.9 Å². The van der Waals surface area contributed by atoms with E-state index in [2.05, 4.69) is 53.2 Å². The van der Waals surface area contributed by atoms with E-state index in [4.69, 9.17) is 0 Å². The van der Waals surface area contributed by atoms with Gasteiger partial charge in [-0.3, -0.25) is 4.98 Å². The van der Waals surface area contributed by atoms with Gasteiger partial charge in [-0.1, -0.05) is 19.9 Å². The molecule has 0 unspecified atom stereocenters. The molecule has 0 bridgehead atoms. The summed E-state index contributed by atoms with van der Waals surface area (Å²) in [6.07, 6.45) is 8.01. The molecule has 0 amide bonds. The first-order valence-corrected chi connectivity index (χ1v) is 6.01. The molecule has 0 spiro atoms. The van der Waals surface area contributed by atoms with Crippen molar-refractivity contribution in [2.75, 3.05) is 0 Å². The molecule has 0 saturated carbocycles. The first-order chi connectivity index (χ1) is 8.24. The molecule has 0 aromatic carbocycles. The lowest BCUT2D eigenvalue weighted by molar-refractivity contribution is 0.588. The van der Waals surface area contributed by atoms with E-state index < -0.39 is 0 Å². The first-order valence-electron chi connectivity index (χ1n) is 6.01. The fourth-order valence-electron chi connectivity index (χ4n) is 1.72. The van der Waals surface area contributed by atoms with E-state index >= 15 is 0 Å². The Kier molecular flexibility index (Phi) is 3.94. The lowest BCUT2D eigenvalue weighted by atomic mass is 10.3. The molecule has 0 aliphatic rings. The van der Waals surface area contributed by atoms with Crippen LogP contribution in [0.3, 0.4) is 0 Å². The predicted molar refractivity (Wildman–Crippen MR) is 69.7 cm³/mol. The number of hydrogen-bond acceptors (Lipinski definition) is 2. The minimum Gasteiger partial charge on any atom is -0.350 e. The Bertz CT molecular complexity index is 446. The average Bonchev–Trinajstić information content (AvgIpc) is 2.75. The summed E-state index contributed by atoms with van der Waals surface area (Å²) >= 11 is 0. The zero-order valence-corrected chi connectivity index (χ0v) is 10.4. The smallest absolute Gasteiger partial charge is 0.0485 e. The Hall–Kier alpha value is -1.61. The van der Waals surface area contributed by atoms with Gasteiger partial charge in [0.1, 0.15) is 0 Å². The molecule has 2 rings (SSSR count). The van der Waals surface area contributed by atoms with E-state index in [-0.39, 0.29) is 0 Å².